The van der Waals surface area contributed by atoms with Gasteiger partial charge in [-0.2, -0.15) is 0 Å². The van der Waals surface area contributed by atoms with E-state index in [1.54, 1.807) is 5.57 Å². The number of rotatable bonds is 13. The molecule has 10 unspecified atom stereocenters. The SMILES string of the molecule is CCCCCCCCCCCCCC(=O)OC1CCC2(C)C(CCC3(C)C2CC=C2C4C5(CCC(C)C4(C)OC5=O)CCC23C)C1(C)C. The molecule has 1 saturated heterocycles. The fraction of sp³-hybridized carbons (Fsp3) is 0.909. The predicted molar refractivity (Wildman–Crippen MR) is 195 cm³/mol. The van der Waals surface area contributed by atoms with Crippen LogP contribution in [-0.4, -0.2) is 23.6 Å². The van der Waals surface area contributed by atoms with E-state index in [4.69, 9.17) is 9.47 Å². The van der Waals surface area contributed by atoms with Gasteiger partial charge in [-0.15, -0.1) is 0 Å². The molecule has 6 rings (SSSR count). The third kappa shape index (κ3) is 5.57. The number of hydrogen-bond acceptors (Lipinski definition) is 4. The molecule has 272 valence electrons. The summed E-state index contributed by atoms with van der Waals surface area (Å²) in [4.78, 5) is 26.8. The van der Waals surface area contributed by atoms with Gasteiger partial charge in [-0.05, 0) is 105 Å². The van der Waals surface area contributed by atoms with Gasteiger partial charge in [0.25, 0.3) is 0 Å². The van der Waals surface area contributed by atoms with Crippen molar-refractivity contribution < 1.29 is 19.1 Å². The molecular formula is C44H72O4. The third-order valence-corrected chi connectivity index (χ3v) is 16.9. The van der Waals surface area contributed by atoms with Gasteiger partial charge >= 0.3 is 11.9 Å². The smallest absolute Gasteiger partial charge is 0.313 e. The second kappa shape index (κ2) is 13.3. The lowest BCUT2D eigenvalue weighted by molar-refractivity contribution is -0.213. The quantitative estimate of drug-likeness (QED) is 0.112. The first kappa shape index (κ1) is 36.5. The maximum atomic E-state index is 13.6. The molecule has 0 aromatic heterocycles. The minimum Gasteiger partial charge on any atom is -0.462 e. The summed E-state index contributed by atoms with van der Waals surface area (Å²) in [5.74, 6) is 1.90. The average Bonchev–Trinajstić information content (AvgIpc) is 3.21. The highest BCUT2D eigenvalue weighted by molar-refractivity contribution is 5.82. The lowest BCUT2D eigenvalue weighted by atomic mass is 9.33. The molecule has 1 heterocycles. The fourth-order valence-corrected chi connectivity index (χ4v) is 13.6. The Kier molecular flexibility index (Phi) is 10.1. The molecule has 5 fully saturated rings. The van der Waals surface area contributed by atoms with Crippen LogP contribution in [0.4, 0.5) is 0 Å². The molecule has 6 aliphatic rings. The molecule has 1 aliphatic heterocycles. The third-order valence-electron chi connectivity index (χ3n) is 16.9. The van der Waals surface area contributed by atoms with E-state index in [2.05, 4.69) is 61.5 Å². The Morgan fingerprint density at radius 3 is 2.10 bits per heavy atom. The van der Waals surface area contributed by atoms with Gasteiger partial charge in [0.05, 0.1) is 5.41 Å². The molecule has 0 N–H and O–H groups in total. The van der Waals surface area contributed by atoms with Gasteiger partial charge in [0.1, 0.15) is 11.7 Å². The molecule has 2 bridgehead atoms. The Labute approximate surface area is 294 Å². The lowest BCUT2D eigenvalue weighted by Crippen LogP contribution is -2.65. The number of carbonyl (C=O) groups excluding carboxylic acids is 2. The maximum Gasteiger partial charge on any atom is 0.313 e. The van der Waals surface area contributed by atoms with Crippen LogP contribution in [0, 0.1) is 50.7 Å². The van der Waals surface area contributed by atoms with E-state index in [-0.39, 0.29) is 56.6 Å². The van der Waals surface area contributed by atoms with Gasteiger partial charge in [0.15, 0.2) is 0 Å². The second-order valence-corrected chi connectivity index (χ2v) is 19.5. The van der Waals surface area contributed by atoms with Crippen LogP contribution >= 0.6 is 0 Å². The average molecular weight is 665 g/mol. The van der Waals surface area contributed by atoms with Gasteiger partial charge in [-0.25, -0.2) is 0 Å². The number of ether oxygens (including phenoxy) is 2. The summed E-state index contributed by atoms with van der Waals surface area (Å²) in [6, 6.07) is 0. The van der Waals surface area contributed by atoms with Crippen LogP contribution in [-0.2, 0) is 19.1 Å². The van der Waals surface area contributed by atoms with Gasteiger partial charge in [-0.3, -0.25) is 9.59 Å². The van der Waals surface area contributed by atoms with Crippen molar-refractivity contribution in [3.63, 3.8) is 0 Å². The van der Waals surface area contributed by atoms with Gasteiger partial charge in [0.2, 0.25) is 0 Å². The molecule has 5 aliphatic carbocycles. The zero-order valence-electron chi connectivity index (χ0n) is 32.4. The van der Waals surface area contributed by atoms with E-state index in [0.29, 0.717) is 24.2 Å². The van der Waals surface area contributed by atoms with Crippen molar-refractivity contribution in [2.45, 2.75) is 202 Å². The molecule has 4 saturated carbocycles. The Hall–Kier alpha value is -1.32. The van der Waals surface area contributed by atoms with Crippen LogP contribution in [0.1, 0.15) is 190 Å². The summed E-state index contributed by atoms with van der Waals surface area (Å²) < 4.78 is 12.8. The van der Waals surface area contributed by atoms with Gasteiger partial charge in [0, 0.05) is 17.8 Å². The number of esters is 2. The van der Waals surface area contributed by atoms with Crippen molar-refractivity contribution in [2.24, 2.45) is 50.7 Å². The lowest BCUT2D eigenvalue weighted by Gasteiger charge is -2.71. The minimum atomic E-state index is -0.370. The molecule has 0 radical (unpaired) electrons. The molecule has 4 nitrogen and oxygen atoms in total. The van der Waals surface area contributed by atoms with E-state index in [1.165, 1.54) is 70.6 Å². The van der Waals surface area contributed by atoms with Crippen molar-refractivity contribution in [1.29, 1.82) is 0 Å². The zero-order chi connectivity index (χ0) is 34.6. The first-order valence-corrected chi connectivity index (χ1v) is 20.8. The molecule has 0 spiro atoms. The summed E-state index contributed by atoms with van der Waals surface area (Å²) in [5.41, 5.74) is 1.38. The highest BCUT2D eigenvalue weighted by Gasteiger charge is 2.75. The van der Waals surface area contributed by atoms with Crippen LogP contribution in [0.2, 0.25) is 0 Å². The largest absolute Gasteiger partial charge is 0.462 e. The van der Waals surface area contributed by atoms with Crippen LogP contribution in [0.15, 0.2) is 11.6 Å². The zero-order valence-corrected chi connectivity index (χ0v) is 32.4. The Bertz CT molecular complexity index is 1230. The normalized spacial score (nSPS) is 44.0. The molecule has 0 amide bonds. The maximum absolute atomic E-state index is 13.6. The van der Waals surface area contributed by atoms with Crippen LogP contribution < -0.4 is 0 Å². The number of carbonyl (C=O) groups is 2. The van der Waals surface area contributed by atoms with E-state index in [9.17, 15) is 9.59 Å². The van der Waals surface area contributed by atoms with Crippen LogP contribution in [0.25, 0.3) is 0 Å². The molecular weight excluding hydrogens is 592 g/mol. The summed E-state index contributed by atoms with van der Waals surface area (Å²) in [5, 5.41) is 0. The van der Waals surface area contributed by atoms with Crippen LogP contribution in [0.3, 0.4) is 0 Å². The molecule has 4 heteroatoms. The number of fused-ring (bicyclic) bond motifs is 5. The van der Waals surface area contributed by atoms with E-state index >= 15 is 0 Å². The van der Waals surface area contributed by atoms with E-state index in [1.807, 2.05) is 0 Å². The van der Waals surface area contributed by atoms with E-state index < -0.39 is 0 Å². The monoisotopic (exact) mass is 665 g/mol. The highest BCUT2D eigenvalue weighted by atomic mass is 16.6. The Morgan fingerprint density at radius 1 is 0.792 bits per heavy atom. The van der Waals surface area contributed by atoms with Crippen molar-refractivity contribution in [3.05, 3.63) is 11.6 Å². The first-order chi connectivity index (χ1) is 22.7. The minimum absolute atomic E-state index is 0.0161. The van der Waals surface area contributed by atoms with Crippen molar-refractivity contribution in [1.82, 2.24) is 0 Å². The van der Waals surface area contributed by atoms with Crippen molar-refractivity contribution in [3.8, 4) is 0 Å². The Balaban J connectivity index is 1.08. The predicted octanol–water partition coefficient (Wildman–Crippen LogP) is 11.9. The summed E-state index contributed by atoms with van der Waals surface area (Å²) in [7, 11) is 0. The fourth-order valence-electron chi connectivity index (χ4n) is 13.6. The number of allylic oxidation sites excluding steroid dienone is 1. The first-order valence-electron chi connectivity index (χ1n) is 20.8. The molecule has 10 atom stereocenters. The number of unbranched alkanes of at least 4 members (excludes halogenated alkanes) is 10. The second-order valence-electron chi connectivity index (χ2n) is 19.5. The molecule has 0 aromatic carbocycles. The highest BCUT2D eigenvalue weighted by Crippen LogP contribution is 2.77. The van der Waals surface area contributed by atoms with Crippen molar-refractivity contribution >= 4 is 11.9 Å². The molecule has 48 heavy (non-hydrogen) atoms. The van der Waals surface area contributed by atoms with Crippen molar-refractivity contribution in [2.75, 3.05) is 0 Å². The summed E-state index contributed by atoms with van der Waals surface area (Å²) in [6.07, 6.45) is 27.3. The number of hydrogen-bond donors (Lipinski definition) is 0. The summed E-state index contributed by atoms with van der Waals surface area (Å²) >= 11 is 0. The van der Waals surface area contributed by atoms with E-state index in [0.717, 1.165) is 57.8 Å². The topological polar surface area (TPSA) is 52.6 Å². The molecule has 0 aromatic rings. The Morgan fingerprint density at radius 2 is 1.44 bits per heavy atom. The summed E-state index contributed by atoms with van der Waals surface area (Å²) in [6.45, 7) is 19.5. The van der Waals surface area contributed by atoms with Crippen LogP contribution in [0.5, 0.6) is 0 Å². The standard InChI is InChI=1S/C44H72O4/c1-9-10-11-12-13-14-15-16-17-18-19-20-36(45)47-35-25-26-40(5)33(39(35,3)4)24-27-42(7)34(40)22-21-32-37-43(8)31(2)23-28-44(37,38(46)48-43)30-29-41(32,42)6/h21,31,33-35,37H,9-20,22-30H2,1-8H3. The van der Waals surface area contributed by atoms with Gasteiger partial charge in [-0.1, -0.05) is 124 Å². The van der Waals surface area contributed by atoms with Gasteiger partial charge < -0.3 is 9.47 Å².